The van der Waals surface area contributed by atoms with Crippen LogP contribution in [-0.2, 0) is 0 Å². The summed E-state index contributed by atoms with van der Waals surface area (Å²) in [6.07, 6.45) is 2.70. The molecule has 4 nitrogen and oxygen atoms in total. The molecule has 1 saturated carbocycles. The predicted molar refractivity (Wildman–Crippen MR) is 81.5 cm³/mol. The summed E-state index contributed by atoms with van der Waals surface area (Å²) in [5.41, 5.74) is 6.18. The number of rotatable bonds is 4. The molecule has 1 aliphatic rings. The second kappa shape index (κ2) is 5.74. The lowest BCUT2D eigenvalue weighted by atomic mass is 9.78. The first-order valence-corrected chi connectivity index (χ1v) is 7.46. The molecule has 0 spiro atoms. The Labute approximate surface area is 127 Å². The molecule has 1 aromatic carbocycles. The van der Waals surface area contributed by atoms with E-state index < -0.39 is 5.41 Å². The van der Waals surface area contributed by atoms with Crippen LogP contribution < -0.4 is 15.2 Å². The van der Waals surface area contributed by atoms with Crippen LogP contribution in [-0.4, -0.2) is 26.0 Å². The monoisotopic (exact) mass is 341 g/mol. The minimum absolute atomic E-state index is 0.0442. The van der Waals surface area contributed by atoms with E-state index in [-0.39, 0.29) is 11.8 Å². The number of carbonyl (C=O) groups is 1. The maximum absolute atomic E-state index is 12.9. The highest BCUT2D eigenvalue weighted by Gasteiger charge is 2.44. The summed E-state index contributed by atoms with van der Waals surface area (Å²) in [4.78, 5) is 12.9. The molecule has 20 heavy (non-hydrogen) atoms. The molecule has 0 radical (unpaired) electrons. The summed E-state index contributed by atoms with van der Waals surface area (Å²) in [5.74, 6) is 1.19. The summed E-state index contributed by atoms with van der Waals surface area (Å²) in [5, 5.41) is 0. The normalized spacial score (nSPS) is 25.6. The summed E-state index contributed by atoms with van der Waals surface area (Å²) in [6, 6.07) is 3.42. The summed E-state index contributed by atoms with van der Waals surface area (Å²) < 4.78 is 11.3. The first kappa shape index (κ1) is 15.3. The minimum Gasteiger partial charge on any atom is -0.495 e. The fraction of sp³-hybridized carbons (Fsp3) is 0.533. The zero-order chi connectivity index (χ0) is 14.9. The predicted octanol–water partition coefficient (Wildman–Crippen LogP) is 3.17. The van der Waals surface area contributed by atoms with Crippen molar-refractivity contribution in [1.29, 1.82) is 0 Å². The molecule has 2 unspecified atom stereocenters. The summed E-state index contributed by atoms with van der Waals surface area (Å²) >= 11 is 3.43. The van der Waals surface area contributed by atoms with Gasteiger partial charge in [0.05, 0.1) is 19.8 Å². The van der Waals surface area contributed by atoms with Gasteiger partial charge in [-0.1, -0.05) is 13.3 Å². The molecule has 110 valence electrons. The van der Waals surface area contributed by atoms with E-state index in [2.05, 4.69) is 15.9 Å². The van der Waals surface area contributed by atoms with E-state index >= 15 is 0 Å². The maximum Gasteiger partial charge on any atom is 0.174 e. The van der Waals surface area contributed by atoms with Crippen molar-refractivity contribution in [2.45, 2.75) is 32.2 Å². The van der Waals surface area contributed by atoms with E-state index in [0.29, 0.717) is 21.5 Å². The SMILES string of the molecule is COc1ccc(C(=O)C2(C)CCCC2N)c(OC)c1Br. The van der Waals surface area contributed by atoms with Crippen LogP contribution in [0.5, 0.6) is 11.5 Å². The van der Waals surface area contributed by atoms with Gasteiger partial charge in [-0.05, 0) is 40.9 Å². The van der Waals surface area contributed by atoms with Crippen molar-refractivity contribution in [2.75, 3.05) is 14.2 Å². The van der Waals surface area contributed by atoms with Gasteiger partial charge in [0, 0.05) is 11.5 Å². The number of hydrogen-bond acceptors (Lipinski definition) is 4. The van der Waals surface area contributed by atoms with Gasteiger partial charge in [0.1, 0.15) is 16.0 Å². The van der Waals surface area contributed by atoms with Crippen LogP contribution in [0.2, 0.25) is 0 Å². The largest absolute Gasteiger partial charge is 0.495 e. The average Bonchev–Trinajstić information content (AvgIpc) is 2.78. The molecule has 0 saturated heterocycles. The lowest BCUT2D eigenvalue weighted by molar-refractivity contribution is 0.0799. The van der Waals surface area contributed by atoms with Gasteiger partial charge in [-0.3, -0.25) is 4.79 Å². The smallest absolute Gasteiger partial charge is 0.174 e. The number of benzene rings is 1. The molecule has 0 bridgehead atoms. The van der Waals surface area contributed by atoms with Gasteiger partial charge in [0.2, 0.25) is 0 Å². The third-order valence-electron chi connectivity index (χ3n) is 4.28. The van der Waals surface area contributed by atoms with Crippen LogP contribution in [0, 0.1) is 5.41 Å². The highest BCUT2D eigenvalue weighted by Crippen LogP contribution is 2.44. The van der Waals surface area contributed by atoms with Gasteiger partial charge in [-0.25, -0.2) is 0 Å². The Bertz CT molecular complexity index is 532. The number of methoxy groups -OCH3 is 2. The van der Waals surface area contributed by atoms with Crippen LogP contribution in [0.1, 0.15) is 36.5 Å². The molecule has 1 fully saturated rings. The van der Waals surface area contributed by atoms with E-state index in [0.717, 1.165) is 19.3 Å². The van der Waals surface area contributed by atoms with Crippen molar-refractivity contribution in [3.05, 3.63) is 22.2 Å². The first-order valence-electron chi connectivity index (χ1n) is 6.66. The molecule has 0 aliphatic heterocycles. The van der Waals surface area contributed by atoms with Gasteiger partial charge in [-0.15, -0.1) is 0 Å². The fourth-order valence-electron chi connectivity index (χ4n) is 2.86. The average molecular weight is 342 g/mol. The van der Waals surface area contributed by atoms with Gasteiger partial charge >= 0.3 is 0 Å². The lowest BCUT2D eigenvalue weighted by Gasteiger charge is -2.28. The summed E-state index contributed by atoms with van der Waals surface area (Å²) in [6.45, 7) is 1.95. The molecule has 2 N–H and O–H groups in total. The van der Waals surface area contributed by atoms with E-state index in [9.17, 15) is 4.79 Å². The fourth-order valence-corrected chi connectivity index (χ4v) is 3.53. The van der Waals surface area contributed by atoms with Gasteiger partial charge in [-0.2, -0.15) is 0 Å². The Balaban J connectivity index is 2.47. The van der Waals surface area contributed by atoms with E-state index in [4.69, 9.17) is 15.2 Å². The van der Waals surface area contributed by atoms with Crippen molar-refractivity contribution >= 4 is 21.7 Å². The van der Waals surface area contributed by atoms with Crippen LogP contribution in [0.3, 0.4) is 0 Å². The lowest BCUT2D eigenvalue weighted by Crippen LogP contribution is -2.41. The van der Waals surface area contributed by atoms with Crippen molar-refractivity contribution in [3.8, 4) is 11.5 Å². The second-order valence-electron chi connectivity index (χ2n) is 5.41. The molecule has 2 rings (SSSR count). The van der Waals surface area contributed by atoms with Crippen LogP contribution in [0.15, 0.2) is 16.6 Å². The number of nitrogens with two attached hydrogens (primary N) is 1. The molecular formula is C15H20BrNO3. The van der Waals surface area contributed by atoms with Crippen LogP contribution in [0.4, 0.5) is 0 Å². The van der Waals surface area contributed by atoms with Crippen molar-refractivity contribution in [3.63, 3.8) is 0 Å². The van der Waals surface area contributed by atoms with Crippen LogP contribution in [0.25, 0.3) is 0 Å². The topological polar surface area (TPSA) is 61.5 Å². The van der Waals surface area contributed by atoms with E-state index in [1.807, 2.05) is 6.92 Å². The maximum atomic E-state index is 12.9. The molecule has 1 aliphatic carbocycles. The quantitative estimate of drug-likeness (QED) is 0.854. The number of carbonyl (C=O) groups excluding carboxylic acids is 1. The van der Waals surface area contributed by atoms with Crippen LogP contribution >= 0.6 is 15.9 Å². The molecule has 2 atom stereocenters. The number of halogens is 1. The van der Waals surface area contributed by atoms with Gasteiger partial charge in [0.25, 0.3) is 0 Å². The molecular weight excluding hydrogens is 322 g/mol. The number of ketones is 1. The molecule has 0 heterocycles. The Hall–Kier alpha value is -1.07. The molecule has 0 aromatic heterocycles. The Kier molecular flexibility index (Phi) is 4.39. The third kappa shape index (κ3) is 2.33. The zero-order valence-electron chi connectivity index (χ0n) is 12.0. The number of Topliss-reactive ketones (excluding diaryl/α,β-unsaturated/α-hetero) is 1. The first-order chi connectivity index (χ1) is 9.45. The second-order valence-corrected chi connectivity index (χ2v) is 6.20. The van der Waals surface area contributed by atoms with E-state index in [1.165, 1.54) is 0 Å². The molecule has 0 amide bonds. The Morgan fingerprint density at radius 1 is 1.40 bits per heavy atom. The Morgan fingerprint density at radius 3 is 2.60 bits per heavy atom. The van der Waals surface area contributed by atoms with Crippen molar-refractivity contribution in [1.82, 2.24) is 0 Å². The van der Waals surface area contributed by atoms with Crippen molar-refractivity contribution < 1.29 is 14.3 Å². The molecule has 1 aromatic rings. The minimum atomic E-state index is -0.513. The Morgan fingerprint density at radius 2 is 2.10 bits per heavy atom. The number of ether oxygens (including phenoxy) is 2. The summed E-state index contributed by atoms with van der Waals surface area (Å²) in [7, 11) is 3.13. The standard InChI is InChI=1S/C15H20BrNO3/c1-15(8-4-5-11(15)17)14(18)9-6-7-10(19-2)12(16)13(9)20-3/h6-7,11H,4-5,8,17H2,1-3H3. The number of hydrogen-bond donors (Lipinski definition) is 1. The third-order valence-corrected chi connectivity index (χ3v) is 5.03. The highest BCUT2D eigenvalue weighted by atomic mass is 79.9. The van der Waals surface area contributed by atoms with Gasteiger partial charge < -0.3 is 15.2 Å². The van der Waals surface area contributed by atoms with E-state index in [1.54, 1.807) is 26.4 Å². The highest BCUT2D eigenvalue weighted by molar-refractivity contribution is 9.10. The van der Waals surface area contributed by atoms with Gasteiger partial charge in [0.15, 0.2) is 5.78 Å². The zero-order valence-corrected chi connectivity index (χ0v) is 13.6. The molecule has 5 heteroatoms. The van der Waals surface area contributed by atoms with Crippen molar-refractivity contribution in [2.24, 2.45) is 11.1 Å².